The lowest BCUT2D eigenvalue weighted by atomic mass is 9.84. The molecule has 5 aromatic carbocycles. The Kier molecular flexibility index (Phi) is 22.6. The molecule has 2 saturated heterocycles. The number of fused-ring (bicyclic) bond motifs is 15. The van der Waals surface area contributed by atoms with Crippen LogP contribution in [0.4, 0.5) is 0 Å². The number of aliphatic hydroxyl groups excluding tert-OH is 6. The summed E-state index contributed by atoms with van der Waals surface area (Å²) in [6.07, 6.45) is -19.8. The molecule has 2 fully saturated rings. The fourth-order valence-corrected chi connectivity index (χ4v) is 13.7. The molecule has 7 heterocycles. The predicted octanol–water partition coefficient (Wildman–Crippen LogP) is 3.52. The fourth-order valence-electron chi connectivity index (χ4n) is 13.2. The van der Waals surface area contributed by atoms with E-state index in [0.29, 0.717) is 12.8 Å². The zero-order valence-electron chi connectivity index (χ0n) is 54.9. The number of nitrogens with two attached hydrogens (primary N) is 2. The predicted molar refractivity (Wildman–Crippen MR) is 353 cm³/mol. The number of benzene rings is 5. The molecule has 32 heteroatoms. The molecule has 14 unspecified atom stereocenters. The lowest BCUT2D eigenvalue weighted by Gasteiger charge is -2.47. The highest BCUT2D eigenvalue weighted by molar-refractivity contribution is 6.32. The number of nitrogens with one attached hydrogen (secondary N) is 4. The highest BCUT2D eigenvalue weighted by atomic mass is 35.5. The highest BCUT2D eigenvalue weighted by Crippen LogP contribution is 2.50. The van der Waals surface area contributed by atoms with Crippen molar-refractivity contribution >= 4 is 70.3 Å². The number of halogens is 2. The summed E-state index contributed by atoms with van der Waals surface area (Å²) in [7, 11) is 0. The Balaban J connectivity index is 1.24. The molecule has 542 valence electrons. The van der Waals surface area contributed by atoms with Gasteiger partial charge in [-0.25, -0.2) is 4.79 Å². The van der Waals surface area contributed by atoms with E-state index in [1.54, 1.807) is 6.92 Å². The molecular formula is C69H78Cl2N6O24. The first-order valence-electron chi connectivity index (χ1n) is 32.4. The van der Waals surface area contributed by atoms with Crippen molar-refractivity contribution in [2.45, 2.75) is 170 Å². The van der Waals surface area contributed by atoms with Crippen LogP contribution < -0.4 is 46.9 Å². The summed E-state index contributed by atoms with van der Waals surface area (Å²) in [5, 5.41) is 123. The van der Waals surface area contributed by atoms with Gasteiger partial charge in [-0.05, 0) is 109 Å². The Morgan fingerprint density at radius 2 is 1.38 bits per heavy atom. The van der Waals surface area contributed by atoms with Gasteiger partial charge in [0.2, 0.25) is 41.6 Å². The van der Waals surface area contributed by atoms with Crippen molar-refractivity contribution in [1.29, 1.82) is 0 Å². The van der Waals surface area contributed by atoms with Gasteiger partial charge in [0.1, 0.15) is 77.4 Å². The summed E-state index contributed by atoms with van der Waals surface area (Å²) in [4.78, 5) is 117. The summed E-state index contributed by atoms with van der Waals surface area (Å²) in [6.45, 7) is 7.55. The Morgan fingerprint density at radius 1 is 0.743 bits per heavy atom. The molecule has 0 radical (unpaired) electrons. The summed E-state index contributed by atoms with van der Waals surface area (Å²) in [6, 6.07) is 5.66. The number of carbonyl (C=O) groups is 8. The van der Waals surface area contributed by atoms with Crippen LogP contribution in [0, 0.1) is 17.8 Å². The molecule has 0 aromatic heterocycles. The van der Waals surface area contributed by atoms with Gasteiger partial charge in [-0.3, -0.25) is 33.6 Å². The van der Waals surface area contributed by atoms with Crippen molar-refractivity contribution < 1.29 is 118 Å². The molecule has 11 bridgehead atoms. The number of hydrogen-bond acceptors (Lipinski definition) is 24. The maximum Gasteiger partial charge on any atom is 0.330 e. The van der Waals surface area contributed by atoms with E-state index in [1.807, 2.05) is 13.8 Å². The standard InChI is InChI=1S/C69H78Cl2N6O24/c1-6-28(13-26(2)3)63(90)76-54-42(82)17-33(20-49(72)84)64(91)74-52-32-18-46(97-44-11-8-30(56(54)85)15-38(44)70)60(101-68-61(59(88)58(87)48(25-78)99-68)100-50-24-69(5,73)62(89)27(4)96-50)47(19-32)98-45-12-9-31(16-39(45)71)57(86)55-66(93)75-53(67(94)95)37-21-34(79)22-41(81)51(37)36-14-29(7-10-40(36)80)35(23-43(52)83)65(92)77-55/h7-12,14-16,18-19,21-22,26-28,33,35,48,50,52-59,61-62,68,78-81,85-89H,6,13,17,20,23-25,73H2,1-5H3,(H2,72,84)(H,74,91)(H,75,93)(H,76,90)(H,77,92)(H,94,95)/t27?,28?,33-,35-,48?,50?,52-,53-,54?,55?,56?,57?,58?,59?,61?,62?,68?,69?/m1/s1. The van der Waals surface area contributed by atoms with Crippen LogP contribution in [0.3, 0.4) is 0 Å². The van der Waals surface area contributed by atoms with Crippen LogP contribution in [0.1, 0.15) is 131 Å². The maximum absolute atomic E-state index is 16.2. The van der Waals surface area contributed by atoms with Crippen LogP contribution in [0.5, 0.6) is 46.0 Å². The SMILES string of the molecule is CCC(CC(C)C)C(=O)NC1C(=O)C[C@H](CC(N)=O)C(=O)N[C@H]2C(=O)C[C@H]3C(=O)NC(C(=O)N[C@@H](C(=O)O)c4cc(O)cc(O)c4-c4cc3ccc4O)C(O)c3ccc(c(Cl)c3)Oc3cc2cc(c3OC2OC(CO)C(O)C(O)C2OC2CC(C)(N)C(O)C(C)O2)Oc2ccc(cc2Cl)C1O. The number of carbonyl (C=O) groups excluding carboxylic acids is 7. The van der Waals surface area contributed by atoms with Gasteiger partial charge in [-0.15, -0.1) is 0 Å². The normalized spacial score (nSPS) is 29.6. The number of Topliss-reactive ketones (excluding diaryl/α,β-unsaturated/α-hetero) is 2. The summed E-state index contributed by atoms with van der Waals surface area (Å²) in [5.74, 6) is -18.9. The summed E-state index contributed by atoms with van der Waals surface area (Å²) >= 11 is 14.2. The van der Waals surface area contributed by atoms with E-state index in [9.17, 15) is 75.0 Å². The first kappa shape index (κ1) is 74.9. The number of aliphatic carboxylic acids is 1. The molecule has 101 heavy (non-hydrogen) atoms. The second kappa shape index (κ2) is 30.4. The van der Waals surface area contributed by atoms with Crippen molar-refractivity contribution in [3.8, 4) is 57.1 Å². The smallest absolute Gasteiger partial charge is 0.330 e. The number of primary amides is 1. The molecule has 12 rings (SSSR count). The second-order valence-corrected chi connectivity index (χ2v) is 27.4. The van der Waals surface area contributed by atoms with Crippen LogP contribution in [-0.2, 0) is 52.6 Å². The maximum atomic E-state index is 16.2. The number of carboxylic acids is 1. The fraction of sp³-hybridized carbons (Fsp3) is 0.449. The van der Waals surface area contributed by atoms with Gasteiger partial charge in [-0.2, -0.15) is 0 Å². The quantitative estimate of drug-likeness (QED) is 0.0801. The van der Waals surface area contributed by atoms with Crippen molar-refractivity contribution in [3.63, 3.8) is 0 Å². The lowest BCUT2D eigenvalue weighted by Crippen LogP contribution is -2.64. The first-order chi connectivity index (χ1) is 47.7. The minimum atomic E-state index is -2.24. The third kappa shape index (κ3) is 16.0. The van der Waals surface area contributed by atoms with Gasteiger partial charge in [0.25, 0.3) is 0 Å². The van der Waals surface area contributed by atoms with Gasteiger partial charge in [-0.1, -0.05) is 62.2 Å². The molecule has 0 spiro atoms. The number of phenolic OH excluding ortho intramolecular Hbond substituents is 3. The lowest BCUT2D eigenvalue weighted by molar-refractivity contribution is -0.333. The van der Waals surface area contributed by atoms with Gasteiger partial charge < -0.3 is 112 Å². The zero-order chi connectivity index (χ0) is 73.5. The largest absolute Gasteiger partial charge is 0.508 e. The number of ketones is 2. The van der Waals surface area contributed by atoms with Crippen LogP contribution in [-0.4, -0.2) is 172 Å². The van der Waals surface area contributed by atoms with Crippen LogP contribution in [0.2, 0.25) is 10.0 Å². The van der Waals surface area contributed by atoms with Crippen LogP contribution >= 0.6 is 23.2 Å². The monoisotopic (exact) mass is 1440 g/mol. The number of aliphatic hydroxyl groups is 6. The first-order valence-corrected chi connectivity index (χ1v) is 33.2. The number of hydrogen-bond donors (Lipinski definition) is 16. The van der Waals surface area contributed by atoms with E-state index in [1.165, 1.54) is 38.1 Å². The molecule has 18 N–H and O–H groups in total. The van der Waals surface area contributed by atoms with Crippen molar-refractivity contribution in [3.05, 3.63) is 117 Å². The Hall–Kier alpha value is -8.76. The molecule has 5 amide bonds. The zero-order valence-corrected chi connectivity index (χ0v) is 56.5. The average Bonchev–Trinajstić information content (AvgIpc) is 0.775. The van der Waals surface area contributed by atoms with Gasteiger partial charge in [0.15, 0.2) is 41.5 Å². The van der Waals surface area contributed by atoms with Crippen molar-refractivity contribution in [2.75, 3.05) is 6.61 Å². The molecular weight excluding hydrogens is 1370 g/mol. The molecule has 0 aliphatic carbocycles. The molecule has 7 aliphatic heterocycles. The Labute approximate surface area is 586 Å². The van der Waals surface area contributed by atoms with E-state index in [0.717, 1.165) is 54.6 Å². The van der Waals surface area contributed by atoms with Crippen molar-refractivity contribution in [2.24, 2.45) is 29.2 Å². The van der Waals surface area contributed by atoms with Crippen molar-refractivity contribution in [1.82, 2.24) is 21.3 Å². The number of carboxylic acid groups (broad SMARTS) is 1. The molecule has 5 aromatic rings. The number of phenols is 3. The number of ether oxygens (including phenoxy) is 6. The van der Waals surface area contributed by atoms with Gasteiger partial charge >= 0.3 is 5.97 Å². The molecule has 0 saturated carbocycles. The van der Waals surface area contributed by atoms with Gasteiger partial charge in [0.05, 0.1) is 40.7 Å². The number of amides is 5. The third-order valence-electron chi connectivity index (χ3n) is 18.6. The number of rotatable bonds is 13. The Morgan fingerprint density at radius 3 is 1.96 bits per heavy atom. The third-order valence-corrected chi connectivity index (χ3v) is 19.2. The van der Waals surface area contributed by atoms with Crippen LogP contribution in [0.25, 0.3) is 11.1 Å². The minimum Gasteiger partial charge on any atom is -0.508 e. The molecule has 7 aliphatic rings. The molecule has 30 nitrogen and oxygen atoms in total. The Bertz CT molecular complexity index is 4060. The van der Waals surface area contributed by atoms with Gasteiger partial charge in [0, 0.05) is 59.9 Å². The van der Waals surface area contributed by atoms with E-state index in [4.69, 9.17) is 63.1 Å². The molecule has 18 atom stereocenters. The summed E-state index contributed by atoms with van der Waals surface area (Å²) in [5.41, 5.74) is 8.53. The number of aromatic hydroxyl groups is 3. The van der Waals surface area contributed by atoms with E-state index >= 15 is 14.4 Å². The highest BCUT2D eigenvalue weighted by Gasteiger charge is 2.51. The minimum absolute atomic E-state index is 0.0143. The van der Waals surface area contributed by atoms with E-state index in [2.05, 4.69) is 21.3 Å². The second-order valence-electron chi connectivity index (χ2n) is 26.6. The summed E-state index contributed by atoms with van der Waals surface area (Å²) < 4.78 is 38.5. The average molecular weight is 1450 g/mol. The van der Waals surface area contributed by atoms with Crippen LogP contribution in [0.15, 0.2) is 78.9 Å². The van der Waals surface area contributed by atoms with E-state index < -0.39 is 238 Å². The topological polar surface area (TPSA) is 494 Å². The van der Waals surface area contributed by atoms with E-state index in [-0.39, 0.29) is 51.1 Å².